The minimum absolute atomic E-state index is 0.0428. The summed E-state index contributed by atoms with van der Waals surface area (Å²) in [5.74, 6) is -0.767. The molecule has 17 heavy (non-hydrogen) atoms. The van der Waals surface area contributed by atoms with Gasteiger partial charge in [-0.15, -0.1) is 0 Å². The highest BCUT2D eigenvalue weighted by Gasteiger charge is 2.19. The molecule has 0 saturated heterocycles. The summed E-state index contributed by atoms with van der Waals surface area (Å²) in [6.07, 6.45) is 2.30. The molecule has 0 radical (unpaired) electrons. The Labute approximate surface area is 102 Å². The number of hydrogen-bond acceptors (Lipinski definition) is 4. The van der Waals surface area contributed by atoms with Gasteiger partial charge in [-0.3, -0.25) is 4.79 Å². The molecule has 1 N–H and O–H groups in total. The summed E-state index contributed by atoms with van der Waals surface area (Å²) < 4.78 is 9.58. The smallest absolute Gasteiger partial charge is 0.328 e. The van der Waals surface area contributed by atoms with Crippen molar-refractivity contribution in [2.45, 2.75) is 33.2 Å². The lowest BCUT2D eigenvalue weighted by Crippen LogP contribution is -2.42. The Balaban J connectivity index is 4.33. The van der Waals surface area contributed by atoms with E-state index in [1.165, 1.54) is 7.11 Å². The summed E-state index contributed by atoms with van der Waals surface area (Å²) in [6, 6.07) is -0.650. The Hall–Kier alpha value is -1.36. The van der Waals surface area contributed by atoms with E-state index in [-0.39, 0.29) is 12.5 Å². The maximum absolute atomic E-state index is 11.4. The van der Waals surface area contributed by atoms with Crippen molar-refractivity contribution in [3.63, 3.8) is 0 Å². The zero-order valence-electron chi connectivity index (χ0n) is 10.9. The number of ether oxygens (including phenoxy) is 2. The zero-order chi connectivity index (χ0) is 13.3. The van der Waals surface area contributed by atoms with Crippen molar-refractivity contribution in [3.8, 4) is 0 Å². The molecule has 0 aliphatic heterocycles. The number of hydrogen-bond donors (Lipinski definition) is 1. The fourth-order valence-corrected chi connectivity index (χ4v) is 1.14. The van der Waals surface area contributed by atoms with Crippen LogP contribution in [0.2, 0.25) is 0 Å². The Morgan fingerprint density at radius 3 is 2.47 bits per heavy atom. The van der Waals surface area contributed by atoms with Crippen molar-refractivity contribution >= 4 is 11.9 Å². The molecule has 0 unspecified atom stereocenters. The van der Waals surface area contributed by atoms with Gasteiger partial charge >= 0.3 is 5.97 Å². The second kappa shape index (κ2) is 8.75. The van der Waals surface area contributed by atoms with E-state index in [9.17, 15) is 9.59 Å². The fraction of sp³-hybridized carbons (Fsp3) is 0.667. The van der Waals surface area contributed by atoms with Crippen LogP contribution in [0, 0.1) is 0 Å². The second-order valence-corrected chi connectivity index (χ2v) is 3.80. The molecule has 0 spiro atoms. The van der Waals surface area contributed by atoms with Gasteiger partial charge in [0.15, 0.2) is 0 Å². The van der Waals surface area contributed by atoms with Gasteiger partial charge in [-0.1, -0.05) is 11.6 Å². The van der Waals surface area contributed by atoms with Crippen LogP contribution in [0.25, 0.3) is 0 Å². The third-order valence-corrected chi connectivity index (χ3v) is 2.02. The average molecular weight is 243 g/mol. The molecule has 98 valence electrons. The van der Waals surface area contributed by atoms with Crippen molar-refractivity contribution < 1.29 is 19.1 Å². The van der Waals surface area contributed by atoms with E-state index in [1.54, 1.807) is 6.92 Å². The quantitative estimate of drug-likeness (QED) is 0.536. The summed E-state index contributed by atoms with van der Waals surface area (Å²) >= 11 is 0. The first-order valence-electron chi connectivity index (χ1n) is 5.59. The average Bonchev–Trinajstić information content (AvgIpc) is 2.30. The van der Waals surface area contributed by atoms with Crippen LogP contribution >= 0.6 is 0 Å². The van der Waals surface area contributed by atoms with Crippen LogP contribution in [0.3, 0.4) is 0 Å². The standard InChI is InChI=1S/C12H21NO4/c1-5-17-8-11(14)13-10(12(15)16-4)7-6-9(2)3/h6,10H,5,7-8H2,1-4H3,(H,13,14)/t10-/m0/s1. The second-order valence-electron chi connectivity index (χ2n) is 3.80. The van der Waals surface area contributed by atoms with E-state index in [0.29, 0.717) is 13.0 Å². The molecule has 0 bridgehead atoms. The Kier molecular flexibility index (Phi) is 8.05. The van der Waals surface area contributed by atoms with Gasteiger partial charge in [0.2, 0.25) is 5.91 Å². The Morgan fingerprint density at radius 1 is 1.35 bits per heavy atom. The minimum atomic E-state index is -0.650. The topological polar surface area (TPSA) is 64.6 Å². The molecule has 0 aromatic carbocycles. The molecule has 0 aromatic rings. The maximum atomic E-state index is 11.4. The molecule has 0 saturated carbocycles. The van der Waals surface area contributed by atoms with Crippen LogP contribution in [0.5, 0.6) is 0 Å². The monoisotopic (exact) mass is 243 g/mol. The molecule has 5 heteroatoms. The number of methoxy groups -OCH3 is 1. The lowest BCUT2D eigenvalue weighted by atomic mass is 10.1. The first-order chi connectivity index (χ1) is 8.01. The molecule has 0 heterocycles. The number of nitrogens with one attached hydrogen (secondary N) is 1. The number of amides is 1. The van der Waals surface area contributed by atoms with E-state index in [0.717, 1.165) is 5.57 Å². The molecule has 0 rings (SSSR count). The number of allylic oxidation sites excluding steroid dienone is 1. The SMILES string of the molecule is CCOCC(=O)N[C@@H](CC=C(C)C)C(=O)OC. The summed E-state index contributed by atoms with van der Waals surface area (Å²) in [4.78, 5) is 22.8. The molecule has 1 atom stereocenters. The molecule has 0 aromatic heterocycles. The molecule has 0 aliphatic rings. The van der Waals surface area contributed by atoms with Crippen molar-refractivity contribution in [2.24, 2.45) is 0 Å². The van der Waals surface area contributed by atoms with Gasteiger partial charge in [-0.2, -0.15) is 0 Å². The van der Waals surface area contributed by atoms with Gasteiger partial charge in [-0.05, 0) is 27.2 Å². The highest BCUT2D eigenvalue weighted by atomic mass is 16.5. The predicted molar refractivity (Wildman–Crippen MR) is 64.5 cm³/mol. The lowest BCUT2D eigenvalue weighted by Gasteiger charge is -2.15. The third-order valence-electron chi connectivity index (χ3n) is 2.02. The van der Waals surface area contributed by atoms with Gasteiger partial charge < -0.3 is 14.8 Å². The number of carbonyl (C=O) groups is 2. The van der Waals surface area contributed by atoms with Gasteiger partial charge in [0.05, 0.1) is 7.11 Å². The van der Waals surface area contributed by atoms with E-state index in [1.807, 2.05) is 19.9 Å². The Bertz CT molecular complexity index is 282. The minimum Gasteiger partial charge on any atom is -0.467 e. The first kappa shape index (κ1) is 15.6. The van der Waals surface area contributed by atoms with Crippen LogP contribution in [-0.2, 0) is 19.1 Å². The summed E-state index contributed by atoms with van der Waals surface area (Å²) in [6.45, 7) is 6.07. The molecule has 1 amide bonds. The normalized spacial score (nSPS) is 11.5. The Morgan fingerprint density at radius 2 is 2.00 bits per heavy atom. The highest BCUT2D eigenvalue weighted by molar-refractivity contribution is 5.85. The van der Waals surface area contributed by atoms with Crippen molar-refractivity contribution in [1.82, 2.24) is 5.32 Å². The van der Waals surface area contributed by atoms with Crippen LogP contribution in [0.15, 0.2) is 11.6 Å². The van der Waals surface area contributed by atoms with Crippen LogP contribution < -0.4 is 5.32 Å². The summed E-state index contributed by atoms with van der Waals surface area (Å²) in [5, 5.41) is 2.57. The first-order valence-corrected chi connectivity index (χ1v) is 5.59. The van der Waals surface area contributed by atoms with E-state index in [2.05, 4.69) is 10.1 Å². The van der Waals surface area contributed by atoms with Crippen LogP contribution in [0.4, 0.5) is 0 Å². The largest absolute Gasteiger partial charge is 0.467 e. The third kappa shape index (κ3) is 7.52. The molecule has 5 nitrogen and oxygen atoms in total. The lowest BCUT2D eigenvalue weighted by molar-refractivity contribution is -0.145. The number of esters is 1. The summed E-state index contributed by atoms with van der Waals surface area (Å²) in [5.41, 5.74) is 1.08. The number of rotatable bonds is 7. The molecule has 0 aliphatic carbocycles. The van der Waals surface area contributed by atoms with Gasteiger partial charge in [0.1, 0.15) is 12.6 Å². The zero-order valence-corrected chi connectivity index (χ0v) is 10.9. The van der Waals surface area contributed by atoms with E-state index < -0.39 is 12.0 Å². The van der Waals surface area contributed by atoms with Gasteiger partial charge in [-0.25, -0.2) is 4.79 Å². The number of carbonyl (C=O) groups excluding carboxylic acids is 2. The van der Waals surface area contributed by atoms with E-state index >= 15 is 0 Å². The molecular formula is C12H21NO4. The highest BCUT2D eigenvalue weighted by Crippen LogP contribution is 2.00. The molecular weight excluding hydrogens is 222 g/mol. The fourth-order valence-electron chi connectivity index (χ4n) is 1.14. The van der Waals surface area contributed by atoms with Gasteiger partial charge in [0.25, 0.3) is 0 Å². The van der Waals surface area contributed by atoms with Crippen molar-refractivity contribution in [3.05, 3.63) is 11.6 Å². The van der Waals surface area contributed by atoms with E-state index in [4.69, 9.17) is 4.74 Å². The van der Waals surface area contributed by atoms with Crippen molar-refractivity contribution in [2.75, 3.05) is 20.3 Å². The summed E-state index contributed by atoms with van der Waals surface area (Å²) in [7, 11) is 1.30. The maximum Gasteiger partial charge on any atom is 0.328 e. The van der Waals surface area contributed by atoms with Crippen LogP contribution in [-0.4, -0.2) is 38.2 Å². The molecule has 0 fully saturated rings. The van der Waals surface area contributed by atoms with Gasteiger partial charge in [0, 0.05) is 6.61 Å². The van der Waals surface area contributed by atoms with Crippen molar-refractivity contribution in [1.29, 1.82) is 0 Å². The van der Waals surface area contributed by atoms with Crippen LogP contribution in [0.1, 0.15) is 27.2 Å². The predicted octanol–water partition coefficient (Wildman–Crippen LogP) is 1.04.